The molecule has 0 unspecified atom stereocenters. The van der Waals surface area contributed by atoms with Crippen molar-refractivity contribution in [2.24, 2.45) is 0 Å². The molecule has 0 aliphatic carbocycles. The van der Waals surface area contributed by atoms with E-state index in [0.29, 0.717) is 18.0 Å². The van der Waals surface area contributed by atoms with Crippen molar-refractivity contribution in [1.29, 1.82) is 5.26 Å². The van der Waals surface area contributed by atoms with Gasteiger partial charge in [0.15, 0.2) is 5.69 Å². The van der Waals surface area contributed by atoms with E-state index in [1.807, 2.05) is 30.3 Å². The number of amides is 1. The van der Waals surface area contributed by atoms with Gasteiger partial charge in [0.2, 0.25) is 5.75 Å². The van der Waals surface area contributed by atoms with Crippen molar-refractivity contribution in [2.75, 3.05) is 6.61 Å². The summed E-state index contributed by atoms with van der Waals surface area (Å²) in [5, 5.41) is 22.3. The van der Waals surface area contributed by atoms with Gasteiger partial charge < -0.3 is 15.2 Å². The molecule has 4 rings (SSSR count). The van der Waals surface area contributed by atoms with Gasteiger partial charge >= 0.3 is 0 Å². The van der Waals surface area contributed by atoms with Gasteiger partial charge in [-0.25, -0.2) is 4.98 Å². The van der Waals surface area contributed by atoms with Crippen LogP contribution in [0, 0.1) is 11.3 Å². The van der Waals surface area contributed by atoms with Gasteiger partial charge in [0.1, 0.15) is 11.4 Å². The van der Waals surface area contributed by atoms with E-state index in [2.05, 4.69) is 16.4 Å². The maximum Gasteiger partial charge on any atom is 0.296 e. The second-order valence-corrected chi connectivity index (χ2v) is 7.98. The highest BCUT2D eigenvalue weighted by atomic mass is 16.5. The first-order chi connectivity index (χ1) is 15.3. The Morgan fingerprint density at radius 2 is 2.06 bits per heavy atom. The van der Waals surface area contributed by atoms with Crippen LogP contribution in [0.15, 0.2) is 53.3 Å². The quantitative estimate of drug-likeness (QED) is 0.657. The van der Waals surface area contributed by atoms with Crippen molar-refractivity contribution < 1.29 is 14.6 Å². The molecule has 0 atom stereocenters. The van der Waals surface area contributed by atoms with Crippen molar-refractivity contribution in [3.8, 4) is 22.9 Å². The van der Waals surface area contributed by atoms with Crippen molar-refractivity contribution in [2.45, 2.75) is 32.5 Å². The molecule has 0 saturated carbocycles. The molecular weight excluding hydrogens is 408 g/mol. The van der Waals surface area contributed by atoms with E-state index in [1.54, 1.807) is 32.0 Å². The van der Waals surface area contributed by atoms with Crippen molar-refractivity contribution >= 4 is 5.91 Å². The Morgan fingerprint density at radius 1 is 1.28 bits per heavy atom. The molecule has 3 aromatic rings. The molecule has 2 aromatic carbocycles. The van der Waals surface area contributed by atoms with E-state index < -0.39 is 22.8 Å². The minimum absolute atomic E-state index is 0.144. The number of aromatic nitrogens is 2. The second kappa shape index (κ2) is 8.29. The number of nitrogens with zero attached hydrogens (tertiary/aromatic N) is 3. The summed E-state index contributed by atoms with van der Waals surface area (Å²) in [4.78, 5) is 29.8. The van der Waals surface area contributed by atoms with Crippen LogP contribution >= 0.6 is 0 Å². The first-order valence-corrected chi connectivity index (χ1v) is 10.2. The average Bonchev–Trinajstić information content (AvgIpc) is 2.80. The summed E-state index contributed by atoms with van der Waals surface area (Å²) in [6.07, 6.45) is 0. The van der Waals surface area contributed by atoms with Crippen LogP contribution in [0.5, 0.6) is 5.75 Å². The van der Waals surface area contributed by atoms with Gasteiger partial charge in [-0.2, -0.15) is 5.26 Å². The third-order valence-corrected chi connectivity index (χ3v) is 5.44. The highest BCUT2D eigenvalue weighted by Gasteiger charge is 2.34. The summed E-state index contributed by atoms with van der Waals surface area (Å²) in [5.41, 5.74) is 1.21. The summed E-state index contributed by atoms with van der Waals surface area (Å²) >= 11 is 0. The Labute approximate surface area is 184 Å². The first-order valence-electron chi connectivity index (χ1n) is 10.2. The Bertz CT molecular complexity index is 1300. The molecule has 1 amide bonds. The van der Waals surface area contributed by atoms with Gasteiger partial charge in [0.05, 0.1) is 24.8 Å². The zero-order valence-corrected chi connectivity index (χ0v) is 17.8. The number of nitrogens with one attached hydrogen (secondary N) is 1. The lowest BCUT2D eigenvalue weighted by atomic mass is 9.98. The summed E-state index contributed by atoms with van der Waals surface area (Å²) in [7, 11) is 0. The maximum atomic E-state index is 12.9. The average molecular weight is 430 g/mol. The van der Waals surface area contributed by atoms with Crippen LogP contribution in [-0.4, -0.2) is 27.2 Å². The van der Waals surface area contributed by atoms with Gasteiger partial charge in [-0.1, -0.05) is 36.4 Å². The standard InChI is InChI=1S/C24H22N4O4/c1-24(2)23-27-19(20(29)22(31)28(23)10-11-32-24)21(30)26-14-17-7-3-4-9-18(17)16-8-5-6-15(12-16)13-25/h3-9,12,29H,10-11,14H2,1-2H3,(H,26,30). The highest BCUT2D eigenvalue weighted by Crippen LogP contribution is 2.28. The molecule has 162 valence electrons. The molecule has 0 spiro atoms. The topological polar surface area (TPSA) is 117 Å². The zero-order valence-electron chi connectivity index (χ0n) is 17.8. The van der Waals surface area contributed by atoms with Gasteiger partial charge in [-0.3, -0.25) is 14.2 Å². The monoisotopic (exact) mass is 430 g/mol. The molecule has 32 heavy (non-hydrogen) atoms. The number of hydrogen-bond donors (Lipinski definition) is 2. The lowest BCUT2D eigenvalue weighted by molar-refractivity contribution is -0.0566. The summed E-state index contributed by atoms with van der Waals surface area (Å²) < 4.78 is 7.02. The van der Waals surface area contributed by atoms with Crippen LogP contribution in [-0.2, 0) is 23.4 Å². The van der Waals surface area contributed by atoms with E-state index >= 15 is 0 Å². The molecule has 1 aromatic heterocycles. The third kappa shape index (κ3) is 3.86. The number of nitriles is 1. The molecule has 8 heteroatoms. The van der Waals surface area contributed by atoms with Crippen molar-refractivity contribution in [3.05, 3.63) is 81.5 Å². The molecule has 0 fully saturated rings. The van der Waals surface area contributed by atoms with Crippen LogP contribution in [0.2, 0.25) is 0 Å². The molecule has 0 saturated heterocycles. The minimum Gasteiger partial charge on any atom is -0.501 e. The largest absolute Gasteiger partial charge is 0.501 e. The highest BCUT2D eigenvalue weighted by molar-refractivity contribution is 5.94. The number of fused-ring (bicyclic) bond motifs is 1. The SMILES string of the molecule is CC1(C)OCCn2c1nc(C(=O)NCc1ccccc1-c1cccc(C#N)c1)c(O)c2=O. The molecule has 0 radical (unpaired) electrons. The number of hydrogen-bond acceptors (Lipinski definition) is 6. The van der Waals surface area contributed by atoms with Gasteiger partial charge in [0.25, 0.3) is 11.5 Å². The normalized spacial score (nSPS) is 14.3. The Hall–Kier alpha value is -3.96. The number of aromatic hydroxyl groups is 1. The Kier molecular flexibility index (Phi) is 5.51. The second-order valence-electron chi connectivity index (χ2n) is 7.98. The number of rotatable bonds is 4. The third-order valence-electron chi connectivity index (χ3n) is 5.44. The minimum atomic E-state index is -0.863. The Balaban J connectivity index is 1.63. The lowest BCUT2D eigenvalue weighted by Gasteiger charge is -2.32. The van der Waals surface area contributed by atoms with E-state index in [1.165, 1.54) is 4.57 Å². The van der Waals surface area contributed by atoms with Crippen LogP contribution in [0.4, 0.5) is 0 Å². The molecule has 1 aliphatic heterocycles. The van der Waals surface area contributed by atoms with E-state index in [9.17, 15) is 20.0 Å². The fraction of sp³-hybridized carbons (Fsp3) is 0.250. The van der Waals surface area contributed by atoms with Crippen molar-refractivity contribution in [3.63, 3.8) is 0 Å². The summed E-state index contributed by atoms with van der Waals surface area (Å²) in [6.45, 7) is 4.24. The molecule has 2 N–H and O–H groups in total. The smallest absolute Gasteiger partial charge is 0.296 e. The molecule has 0 bridgehead atoms. The van der Waals surface area contributed by atoms with Crippen LogP contribution in [0.3, 0.4) is 0 Å². The van der Waals surface area contributed by atoms with E-state index in [4.69, 9.17) is 4.74 Å². The fourth-order valence-electron chi connectivity index (χ4n) is 3.80. The molecule has 1 aliphatic rings. The maximum absolute atomic E-state index is 12.9. The summed E-state index contributed by atoms with van der Waals surface area (Å²) in [5.74, 6) is -1.05. The fourth-order valence-corrected chi connectivity index (χ4v) is 3.80. The summed E-state index contributed by atoms with van der Waals surface area (Å²) in [6, 6.07) is 16.8. The number of carbonyl (C=O) groups excluding carboxylic acids is 1. The van der Waals surface area contributed by atoms with E-state index in [0.717, 1.165) is 16.7 Å². The van der Waals surface area contributed by atoms with Gasteiger partial charge in [-0.05, 0) is 42.7 Å². The van der Waals surface area contributed by atoms with Crippen LogP contribution < -0.4 is 10.9 Å². The van der Waals surface area contributed by atoms with Crippen LogP contribution in [0.1, 0.15) is 41.3 Å². The predicted molar refractivity (Wildman–Crippen MR) is 117 cm³/mol. The lowest BCUT2D eigenvalue weighted by Crippen LogP contribution is -2.42. The predicted octanol–water partition coefficient (Wildman–Crippen LogP) is 2.68. The van der Waals surface area contributed by atoms with Crippen molar-refractivity contribution in [1.82, 2.24) is 14.9 Å². The molecule has 2 heterocycles. The number of benzene rings is 2. The number of ether oxygens (including phenoxy) is 1. The van der Waals surface area contributed by atoms with E-state index in [-0.39, 0.29) is 18.8 Å². The zero-order chi connectivity index (χ0) is 22.9. The first kappa shape index (κ1) is 21.3. The molecular formula is C24H22N4O4. The Morgan fingerprint density at radius 3 is 2.84 bits per heavy atom. The number of carbonyl (C=O) groups is 1. The van der Waals surface area contributed by atoms with Gasteiger partial charge in [-0.15, -0.1) is 0 Å². The van der Waals surface area contributed by atoms with Crippen LogP contribution in [0.25, 0.3) is 11.1 Å². The van der Waals surface area contributed by atoms with Gasteiger partial charge in [0, 0.05) is 6.54 Å². The molecule has 8 nitrogen and oxygen atoms in total.